The Labute approximate surface area is 132 Å². The average molecular weight is 413 g/mol. The molecule has 0 spiro atoms. The molecule has 108 valence electrons. The fourth-order valence-electron chi connectivity index (χ4n) is 1.71. The number of nitrogens with one attached hydrogen (secondary N) is 1. The first-order chi connectivity index (χ1) is 8.82. The van der Waals surface area contributed by atoms with Gasteiger partial charge in [0.15, 0.2) is 0 Å². The summed E-state index contributed by atoms with van der Waals surface area (Å²) in [5.41, 5.74) is 0.530. The lowest BCUT2D eigenvalue weighted by Crippen LogP contribution is -2.50. The first-order valence-electron chi connectivity index (χ1n) is 6.00. The highest BCUT2D eigenvalue weighted by molar-refractivity contribution is 9.09. The first kappa shape index (κ1) is 17.1. The number of benzene rings is 1. The lowest BCUT2D eigenvalue weighted by atomic mass is 10.0. The minimum atomic E-state index is -3.32. The third-order valence-electron chi connectivity index (χ3n) is 2.83. The van der Waals surface area contributed by atoms with Crippen LogP contribution in [0.25, 0.3) is 0 Å². The summed E-state index contributed by atoms with van der Waals surface area (Å²) in [6.45, 7) is 3.79. The molecule has 6 heteroatoms. The van der Waals surface area contributed by atoms with Crippen LogP contribution in [0.4, 0.5) is 0 Å². The molecule has 0 aromatic heterocycles. The standard InChI is InChI=1S/C13H19Br2NO2S/c1-11(12-6-4-3-5-7-12)8-19(17,18)16-13(2,9-14)10-15/h3-7,11,16H,8-10H2,1-2H3. The monoisotopic (exact) mass is 411 g/mol. The van der Waals surface area contributed by atoms with Crippen molar-refractivity contribution in [3.63, 3.8) is 0 Å². The van der Waals surface area contributed by atoms with Gasteiger partial charge in [-0.15, -0.1) is 0 Å². The summed E-state index contributed by atoms with van der Waals surface area (Å²) in [5, 5.41) is 1.12. The smallest absolute Gasteiger partial charge is 0.212 e. The second-order valence-electron chi connectivity index (χ2n) is 5.02. The maximum absolute atomic E-state index is 12.2. The van der Waals surface area contributed by atoms with E-state index in [1.54, 1.807) is 0 Å². The van der Waals surface area contributed by atoms with E-state index in [4.69, 9.17) is 0 Å². The van der Waals surface area contributed by atoms with E-state index in [1.165, 1.54) is 0 Å². The van der Waals surface area contributed by atoms with Gasteiger partial charge in [-0.1, -0.05) is 69.1 Å². The van der Waals surface area contributed by atoms with Gasteiger partial charge in [-0.25, -0.2) is 13.1 Å². The Morgan fingerprint density at radius 3 is 2.21 bits per heavy atom. The zero-order valence-electron chi connectivity index (χ0n) is 11.1. The Bertz CT molecular complexity index is 487. The van der Waals surface area contributed by atoms with Crippen molar-refractivity contribution in [1.29, 1.82) is 0 Å². The van der Waals surface area contributed by atoms with E-state index in [0.717, 1.165) is 5.56 Å². The van der Waals surface area contributed by atoms with Crippen LogP contribution in [0.5, 0.6) is 0 Å². The minimum absolute atomic E-state index is 0.0337. The third-order valence-corrected chi connectivity index (χ3v) is 7.05. The molecule has 1 aromatic carbocycles. The molecule has 0 saturated heterocycles. The maximum Gasteiger partial charge on any atom is 0.212 e. The van der Waals surface area contributed by atoms with E-state index in [9.17, 15) is 8.42 Å². The van der Waals surface area contributed by atoms with Crippen LogP contribution in [-0.2, 0) is 10.0 Å². The number of rotatable bonds is 7. The van der Waals surface area contributed by atoms with Crippen LogP contribution in [-0.4, -0.2) is 30.4 Å². The second kappa shape index (κ2) is 7.20. The van der Waals surface area contributed by atoms with E-state index < -0.39 is 15.6 Å². The quantitative estimate of drug-likeness (QED) is 0.698. The molecule has 1 rings (SSSR count). The summed E-state index contributed by atoms with van der Waals surface area (Å²) in [4.78, 5) is 0. The number of hydrogen-bond acceptors (Lipinski definition) is 2. The molecular formula is C13H19Br2NO2S. The molecule has 0 aliphatic carbocycles. The summed E-state index contributed by atoms with van der Waals surface area (Å²) >= 11 is 6.68. The number of alkyl halides is 2. The maximum atomic E-state index is 12.2. The molecule has 0 fully saturated rings. The van der Waals surface area contributed by atoms with E-state index in [2.05, 4.69) is 36.6 Å². The highest BCUT2D eigenvalue weighted by Crippen LogP contribution is 2.19. The lowest BCUT2D eigenvalue weighted by molar-refractivity contribution is 0.506. The summed E-state index contributed by atoms with van der Waals surface area (Å²) in [6.07, 6.45) is 0. The zero-order valence-corrected chi connectivity index (χ0v) is 15.1. The van der Waals surface area contributed by atoms with Crippen molar-refractivity contribution in [3.8, 4) is 0 Å². The van der Waals surface area contributed by atoms with Crippen LogP contribution in [0, 0.1) is 0 Å². The molecule has 1 atom stereocenters. The van der Waals surface area contributed by atoms with Crippen LogP contribution in [0.2, 0.25) is 0 Å². The molecule has 0 heterocycles. The van der Waals surface area contributed by atoms with Crippen molar-refractivity contribution in [2.45, 2.75) is 25.3 Å². The molecular weight excluding hydrogens is 394 g/mol. The molecule has 1 N–H and O–H groups in total. The Kier molecular flexibility index (Phi) is 6.50. The van der Waals surface area contributed by atoms with Gasteiger partial charge in [0, 0.05) is 16.2 Å². The van der Waals surface area contributed by atoms with Gasteiger partial charge in [0.25, 0.3) is 0 Å². The molecule has 1 aromatic rings. The molecule has 1 unspecified atom stereocenters. The van der Waals surface area contributed by atoms with Crippen LogP contribution >= 0.6 is 31.9 Å². The van der Waals surface area contributed by atoms with Gasteiger partial charge in [0.2, 0.25) is 10.0 Å². The number of sulfonamides is 1. The van der Waals surface area contributed by atoms with E-state index in [1.807, 2.05) is 44.2 Å². The Morgan fingerprint density at radius 1 is 1.21 bits per heavy atom. The topological polar surface area (TPSA) is 46.2 Å². The van der Waals surface area contributed by atoms with Gasteiger partial charge < -0.3 is 0 Å². The summed E-state index contributed by atoms with van der Waals surface area (Å²) < 4.78 is 27.1. The van der Waals surface area contributed by atoms with Crippen molar-refractivity contribution in [2.75, 3.05) is 16.4 Å². The van der Waals surface area contributed by atoms with Crippen LogP contribution in [0.1, 0.15) is 25.3 Å². The minimum Gasteiger partial charge on any atom is -0.212 e. The van der Waals surface area contributed by atoms with Gasteiger partial charge >= 0.3 is 0 Å². The van der Waals surface area contributed by atoms with Crippen LogP contribution in [0.3, 0.4) is 0 Å². The van der Waals surface area contributed by atoms with Gasteiger partial charge in [0.05, 0.1) is 5.75 Å². The van der Waals surface area contributed by atoms with Gasteiger partial charge in [-0.2, -0.15) is 0 Å². The Balaban J connectivity index is 2.75. The molecule has 0 aliphatic rings. The largest absolute Gasteiger partial charge is 0.212 e. The van der Waals surface area contributed by atoms with Crippen molar-refractivity contribution in [1.82, 2.24) is 4.72 Å². The molecule has 19 heavy (non-hydrogen) atoms. The summed E-state index contributed by atoms with van der Waals surface area (Å²) in [7, 11) is -3.32. The van der Waals surface area contributed by atoms with Crippen molar-refractivity contribution in [3.05, 3.63) is 35.9 Å². The zero-order chi connectivity index (χ0) is 14.5. The van der Waals surface area contributed by atoms with Crippen LogP contribution in [0.15, 0.2) is 30.3 Å². The highest BCUT2D eigenvalue weighted by atomic mass is 79.9. The Hall–Kier alpha value is 0.0900. The SMILES string of the molecule is CC(CS(=O)(=O)NC(C)(CBr)CBr)c1ccccc1. The molecule has 0 radical (unpaired) electrons. The van der Waals surface area contributed by atoms with Gasteiger partial charge in [-0.3, -0.25) is 0 Å². The lowest BCUT2D eigenvalue weighted by Gasteiger charge is -2.27. The third kappa shape index (κ3) is 5.53. The number of hydrogen-bond donors (Lipinski definition) is 1. The van der Waals surface area contributed by atoms with Gasteiger partial charge in [0.1, 0.15) is 0 Å². The van der Waals surface area contributed by atoms with Crippen molar-refractivity contribution < 1.29 is 8.42 Å². The van der Waals surface area contributed by atoms with Crippen LogP contribution < -0.4 is 4.72 Å². The molecule has 0 saturated carbocycles. The molecule has 0 aliphatic heterocycles. The van der Waals surface area contributed by atoms with E-state index in [0.29, 0.717) is 10.7 Å². The first-order valence-corrected chi connectivity index (χ1v) is 9.90. The fraction of sp³-hybridized carbons (Fsp3) is 0.538. The predicted octanol–water partition coefficient (Wildman–Crippen LogP) is 3.26. The molecule has 0 amide bonds. The molecule has 0 bridgehead atoms. The highest BCUT2D eigenvalue weighted by Gasteiger charge is 2.28. The predicted molar refractivity (Wildman–Crippen MR) is 87.8 cm³/mol. The number of halogens is 2. The fourth-order valence-corrected chi connectivity index (χ4v) is 5.12. The summed E-state index contributed by atoms with van der Waals surface area (Å²) in [5.74, 6) is 0.0562. The Morgan fingerprint density at radius 2 is 1.74 bits per heavy atom. The van der Waals surface area contributed by atoms with E-state index in [-0.39, 0.29) is 11.7 Å². The van der Waals surface area contributed by atoms with Crippen molar-refractivity contribution in [2.24, 2.45) is 0 Å². The normalized spacial score (nSPS) is 14.3. The van der Waals surface area contributed by atoms with Crippen molar-refractivity contribution >= 4 is 41.9 Å². The second-order valence-corrected chi connectivity index (χ2v) is 7.91. The van der Waals surface area contributed by atoms with Gasteiger partial charge in [-0.05, 0) is 18.4 Å². The summed E-state index contributed by atoms with van der Waals surface area (Å²) in [6, 6.07) is 9.68. The van der Waals surface area contributed by atoms with E-state index >= 15 is 0 Å². The average Bonchev–Trinajstić information content (AvgIpc) is 2.38. The molecule has 3 nitrogen and oxygen atoms in total.